The van der Waals surface area contributed by atoms with Gasteiger partial charge < -0.3 is 10.0 Å². The van der Waals surface area contributed by atoms with Gasteiger partial charge in [-0.15, -0.1) is 18.3 Å². The van der Waals surface area contributed by atoms with Crippen LogP contribution in [0, 0.1) is 0 Å². The summed E-state index contributed by atoms with van der Waals surface area (Å²) in [7, 11) is 0. The van der Waals surface area contributed by atoms with Crippen LogP contribution in [0.4, 0.5) is 0 Å². The maximum Gasteiger partial charge on any atom is 0.327 e. The first-order valence-electron chi connectivity index (χ1n) is 4.34. The zero-order chi connectivity index (χ0) is 10.7. The van der Waals surface area contributed by atoms with Gasteiger partial charge in [-0.3, -0.25) is 4.79 Å². The number of thioether (sulfide) groups is 1. The lowest BCUT2D eigenvalue weighted by atomic mass is 10.1. The number of carbonyl (C=O) groups is 2. The monoisotopic (exact) mass is 215 g/mol. The fourth-order valence-corrected chi connectivity index (χ4v) is 2.78. The molecule has 5 heteroatoms. The Morgan fingerprint density at radius 1 is 1.79 bits per heavy atom. The molecule has 1 N–H and O–H groups in total. The van der Waals surface area contributed by atoms with Gasteiger partial charge in [-0.1, -0.05) is 6.08 Å². The number of rotatable bonds is 1. The average Bonchev–Trinajstić information content (AvgIpc) is 2.43. The predicted octanol–water partition coefficient (Wildman–Crippen LogP) is 0.937. The molecule has 2 aliphatic heterocycles. The summed E-state index contributed by atoms with van der Waals surface area (Å²) in [5.41, 5.74) is 0. The van der Waals surface area contributed by atoms with Gasteiger partial charge in [0.1, 0.15) is 6.04 Å². The minimum atomic E-state index is -0.881. The molecule has 4 nitrogen and oxygen atoms in total. The molecule has 0 aromatic heterocycles. The number of fused-ring (bicyclic) bond motifs is 1. The van der Waals surface area contributed by atoms with Crippen molar-refractivity contribution >= 4 is 23.6 Å². The third-order valence-corrected chi connectivity index (χ3v) is 3.30. The Labute approximate surface area is 87.0 Å². The summed E-state index contributed by atoms with van der Waals surface area (Å²) in [5.74, 6) is -0.355. The van der Waals surface area contributed by atoms with E-state index in [9.17, 15) is 9.59 Å². The van der Waals surface area contributed by atoms with Gasteiger partial charge in [0.2, 0.25) is 5.91 Å². The number of carboxylic acids is 1. The van der Waals surface area contributed by atoms with E-state index < -0.39 is 12.0 Å². The number of carboxylic acid groups (broad SMARTS) is 1. The Balaban J connectivity index is 0.000000293. The molecule has 14 heavy (non-hydrogen) atoms. The number of β-lactam (4-membered cyclic amide) rings is 1. The number of allylic oxidation sites excluding steroid dienone is 1. The lowest BCUT2D eigenvalue weighted by Crippen LogP contribution is -2.54. The second kappa shape index (κ2) is 4.50. The predicted molar refractivity (Wildman–Crippen MR) is 55.0 cm³/mol. The lowest BCUT2D eigenvalue weighted by Gasteiger charge is -2.35. The second-order valence-corrected chi connectivity index (χ2v) is 4.27. The highest BCUT2D eigenvalue weighted by Crippen LogP contribution is 2.38. The molecule has 0 aliphatic carbocycles. The molecule has 0 bridgehead atoms. The quantitative estimate of drug-likeness (QED) is 0.522. The van der Waals surface area contributed by atoms with Gasteiger partial charge in [-0.05, 0) is 6.92 Å². The van der Waals surface area contributed by atoms with Crippen molar-refractivity contribution in [2.45, 2.75) is 24.8 Å². The van der Waals surface area contributed by atoms with Gasteiger partial charge >= 0.3 is 5.97 Å². The summed E-state index contributed by atoms with van der Waals surface area (Å²) in [6, 6.07) is -0.564. The van der Waals surface area contributed by atoms with Crippen molar-refractivity contribution in [3.63, 3.8) is 0 Å². The Morgan fingerprint density at radius 3 is 2.71 bits per heavy atom. The Hall–Kier alpha value is -0.970. The number of nitrogens with zero attached hydrogens (tertiary/aromatic N) is 1. The van der Waals surface area contributed by atoms with E-state index in [0.29, 0.717) is 12.2 Å². The second-order valence-electron chi connectivity index (χ2n) is 3.06. The van der Waals surface area contributed by atoms with E-state index in [1.54, 1.807) is 17.8 Å². The van der Waals surface area contributed by atoms with Crippen molar-refractivity contribution in [2.75, 3.05) is 5.75 Å². The van der Waals surface area contributed by atoms with Gasteiger partial charge in [-0.25, -0.2) is 4.79 Å². The van der Waals surface area contributed by atoms with E-state index >= 15 is 0 Å². The minimum Gasteiger partial charge on any atom is -0.480 e. The third-order valence-electron chi connectivity index (χ3n) is 2.01. The molecule has 78 valence electrons. The summed E-state index contributed by atoms with van der Waals surface area (Å²) in [6.07, 6.45) is 2.27. The topological polar surface area (TPSA) is 57.6 Å². The number of carbonyl (C=O) groups excluding carboxylic acids is 1. The van der Waals surface area contributed by atoms with Crippen molar-refractivity contribution in [3.8, 4) is 0 Å². The number of aliphatic carboxylic acids is 1. The Bertz CT molecular complexity index is 259. The summed E-state index contributed by atoms with van der Waals surface area (Å²) in [4.78, 5) is 22.9. The van der Waals surface area contributed by atoms with Crippen LogP contribution in [0.5, 0.6) is 0 Å². The highest BCUT2D eigenvalue weighted by molar-refractivity contribution is 8.00. The SMILES string of the molecule is C=CC.O=C(O)C1CS[C@@H]2CC(=O)N12. The van der Waals surface area contributed by atoms with Crippen LogP contribution in [0.3, 0.4) is 0 Å². The Kier molecular flexibility index (Phi) is 3.57. The molecular formula is C9H13NO3S. The molecule has 2 fully saturated rings. The van der Waals surface area contributed by atoms with Gasteiger partial charge in [0, 0.05) is 5.75 Å². The molecule has 2 aliphatic rings. The van der Waals surface area contributed by atoms with Crippen LogP contribution in [-0.4, -0.2) is 39.1 Å². The molecular weight excluding hydrogens is 202 g/mol. The lowest BCUT2D eigenvalue weighted by molar-refractivity contribution is -0.155. The van der Waals surface area contributed by atoms with E-state index in [1.165, 1.54) is 4.90 Å². The van der Waals surface area contributed by atoms with Crippen LogP contribution in [0.1, 0.15) is 13.3 Å². The largest absolute Gasteiger partial charge is 0.480 e. The van der Waals surface area contributed by atoms with Gasteiger partial charge in [0.25, 0.3) is 0 Å². The van der Waals surface area contributed by atoms with Crippen LogP contribution in [-0.2, 0) is 9.59 Å². The van der Waals surface area contributed by atoms with Crippen LogP contribution < -0.4 is 0 Å². The molecule has 0 aromatic rings. The number of hydrogen-bond donors (Lipinski definition) is 1. The third kappa shape index (κ3) is 1.92. The first kappa shape index (κ1) is 11.1. The molecule has 0 aromatic carbocycles. The smallest absolute Gasteiger partial charge is 0.327 e. The standard InChI is InChI=1S/C6H7NO3S.C3H6/c8-4-1-5-7(4)3(2-11-5)6(9)10;1-3-2/h3,5H,1-2H2,(H,9,10);3H,1H2,2H3/t3?,5-;/m1./s1. The van der Waals surface area contributed by atoms with Gasteiger partial charge in [-0.2, -0.15) is 0 Å². The highest BCUT2D eigenvalue weighted by Gasteiger charge is 2.49. The van der Waals surface area contributed by atoms with Crippen molar-refractivity contribution in [3.05, 3.63) is 12.7 Å². The fraction of sp³-hybridized carbons (Fsp3) is 0.556. The number of hydrogen-bond acceptors (Lipinski definition) is 3. The fourth-order valence-electron chi connectivity index (χ4n) is 1.39. The molecule has 1 unspecified atom stereocenters. The van der Waals surface area contributed by atoms with E-state index in [1.807, 2.05) is 6.92 Å². The first-order chi connectivity index (χ1) is 6.61. The zero-order valence-electron chi connectivity index (χ0n) is 7.97. The highest BCUT2D eigenvalue weighted by atomic mass is 32.2. The summed E-state index contributed by atoms with van der Waals surface area (Å²) < 4.78 is 0. The van der Waals surface area contributed by atoms with Gasteiger partial charge in [0.15, 0.2) is 0 Å². The molecule has 0 spiro atoms. The molecule has 2 saturated heterocycles. The maximum absolute atomic E-state index is 10.9. The Morgan fingerprint density at radius 2 is 2.36 bits per heavy atom. The van der Waals surface area contributed by atoms with E-state index in [2.05, 4.69) is 6.58 Å². The summed E-state index contributed by atoms with van der Waals surface area (Å²) in [5, 5.41) is 8.80. The van der Waals surface area contributed by atoms with Crippen LogP contribution >= 0.6 is 11.8 Å². The van der Waals surface area contributed by atoms with E-state index in [0.717, 1.165) is 0 Å². The summed E-state index contributed by atoms with van der Waals surface area (Å²) in [6.45, 7) is 5.25. The first-order valence-corrected chi connectivity index (χ1v) is 5.39. The molecule has 2 atom stereocenters. The van der Waals surface area contributed by atoms with Crippen molar-refractivity contribution in [1.82, 2.24) is 4.90 Å². The molecule has 0 saturated carbocycles. The van der Waals surface area contributed by atoms with Crippen molar-refractivity contribution < 1.29 is 14.7 Å². The summed E-state index contributed by atoms with van der Waals surface area (Å²) >= 11 is 1.56. The van der Waals surface area contributed by atoms with Crippen LogP contribution in [0.2, 0.25) is 0 Å². The zero-order valence-corrected chi connectivity index (χ0v) is 8.79. The molecule has 1 amide bonds. The maximum atomic E-state index is 10.9. The average molecular weight is 215 g/mol. The van der Waals surface area contributed by atoms with Crippen LogP contribution in [0.25, 0.3) is 0 Å². The molecule has 2 rings (SSSR count). The van der Waals surface area contributed by atoms with Crippen molar-refractivity contribution in [1.29, 1.82) is 0 Å². The number of amides is 1. The normalized spacial score (nSPS) is 28.4. The van der Waals surface area contributed by atoms with E-state index in [-0.39, 0.29) is 11.3 Å². The van der Waals surface area contributed by atoms with Crippen molar-refractivity contribution in [2.24, 2.45) is 0 Å². The minimum absolute atomic E-state index is 0.0209. The van der Waals surface area contributed by atoms with E-state index in [4.69, 9.17) is 5.11 Å². The van der Waals surface area contributed by atoms with Crippen LogP contribution in [0.15, 0.2) is 12.7 Å². The van der Waals surface area contributed by atoms with Gasteiger partial charge in [0.05, 0.1) is 11.8 Å². The molecule has 0 radical (unpaired) electrons. The molecule has 2 heterocycles.